The number of hydrogen-bond acceptors (Lipinski definition) is 4. The first-order chi connectivity index (χ1) is 11.0. The summed E-state index contributed by atoms with van der Waals surface area (Å²) in [4.78, 5) is 24.0. The highest BCUT2D eigenvalue weighted by atomic mass is 35.5. The first kappa shape index (κ1) is 22.8. The molecule has 0 aromatic heterocycles. The molecule has 0 spiro atoms. The van der Waals surface area contributed by atoms with Crippen LogP contribution in [0.1, 0.15) is 42.6 Å². The van der Waals surface area contributed by atoms with Crippen LogP contribution >= 0.6 is 24.2 Å². The molecule has 0 heterocycles. The second-order valence-corrected chi connectivity index (χ2v) is 6.57. The van der Waals surface area contributed by atoms with Crippen LogP contribution in [0.2, 0.25) is 0 Å². The van der Waals surface area contributed by atoms with Crippen LogP contribution in [0.25, 0.3) is 0 Å². The number of rotatable bonds is 9. The average molecular weight is 374 g/mol. The van der Waals surface area contributed by atoms with E-state index in [2.05, 4.69) is 10.6 Å². The number of carbonyl (C=O) groups excluding carboxylic acids is 2. The highest BCUT2D eigenvalue weighted by Gasteiger charge is 2.13. The molecule has 0 bridgehead atoms. The number of halogens is 1. The average Bonchev–Trinajstić information content (AvgIpc) is 2.57. The Bertz CT molecular complexity index is 528. The zero-order valence-corrected chi connectivity index (χ0v) is 16.1. The summed E-state index contributed by atoms with van der Waals surface area (Å²) in [5, 5.41) is 5.75. The van der Waals surface area contributed by atoms with Crippen LogP contribution in [-0.4, -0.2) is 35.9 Å². The Hall–Kier alpha value is -1.24. The number of nitrogens with two attached hydrogens (primary N) is 1. The van der Waals surface area contributed by atoms with Crippen molar-refractivity contribution < 1.29 is 9.59 Å². The lowest BCUT2D eigenvalue weighted by Gasteiger charge is -2.13. The number of thioether (sulfide) groups is 1. The minimum Gasteiger partial charge on any atom is -0.351 e. The van der Waals surface area contributed by atoms with E-state index < -0.39 is 6.04 Å². The highest BCUT2D eigenvalue weighted by molar-refractivity contribution is 7.98. The van der Waals surface area contributed by atoms with Crippen LogP contribution < -0.4 is 16.4 Å². The standard InChI is InChI=1S/C17H27N3O2S.ClH/c1-4-12(2)20-16(21)14-7-5-6-13(10-14)11-19-17(22)15(18)8-9-23-3;/h5-7,10,12,15H,4,8-9,11,18H2,1-3H3,(H,19,22)(H,20,21);1H/t12?,15-;/m0./s1. The Morgan fingerprint density at radius 2 is 2.04 bits per heavy atom. The third kappa shape index (κ3) is 8.04. The molecule has 0 aliphatic carbocycles. The van der Waals surface area contributed by atoms with Crippen LogP contribution in [0.15, 0.2) is 24.3 Å². The van der Waals surface area contributed by atoms with Gasteiger partial charge in [-0.3, -0.25) is 9.59 Å². The van der Waals surface area contributed by atoms with Gasteiger partial charge in [-0.15, -0.1) is 12.4 Å². The van der Waals surface area contributed by atoms with Crippen molar-refractivity contribution in [2.24, 2.45) is 5.73 Å². The molecule has 4 N–H and O–H groups in total. The predicted octanol–water partition coefficient (Wildman–Crippen LogP) is 2.33. The second-order valence-electron chi connectivity index (χ2n) is 5.59. The molecule has 0 fully saturated rings. The maximum absolute atomic E-state index is 12.1. The summed E-state index contributed by atoms with van der Waals surface area (Å²) in [7, 11) is 0. The fourth-order valence-electron chi connectivity index (χ4n) is 1.93. The van der Waals surface area contributed by atoms with Crippen LogP contribution in [0, 0.1) is 0 Å². The first-order valence-corrected chi connectivity index (χ1v) is 9.29. The van der Waals surface area contributed by atoms with Crippen LogP contribution in [0.5, 0.6) is 0 Å². The molecule has 1 unspecified atom stereocenters. The van der Waals surface area contributed by atoms with Crippen LogP contribution in [0.3, 0.4) is 0 Å². The SMILES string of the molecule is CCC(C)NC(=O)c1cccc(CNC(=O)[C@@H](N)CCSC)c1.Cl. The van der Waals surface area contributed by atoms with Crippen molar-refractivity contribution in [2.45, 2.75) is 45.3 Å². The van der Waals surface area contributed by atoms with E-state index in [0.29, 0.717) is 18.5 Å². The van der Waals surface area contributed by atoms with Crippen molar-refractivity contribution in [2.75, 3.05) is 12.0 Å². The molecule has 2 amide bonds. The third-order valence-electron chi connectivity index (χ3n) is 3.62. The van der Waals surface area contributed by atoms with Crippen molar-refractivity contribution >= 4 is 36.0 Å². The van der Waals surface area contributed by atoms with E-state index in [1.54, 1.807) is 23.9 Å². The Morgan fingerprint density at radius 3 is 2.67 bits per heavy atom. The molecule has 0 saturated heterocycles. The first-order valence-electron chi connectivity index (χ1n) is 7.90. The summed E-state index contributed by atoms with van der Waals surface area (Å²) in [6, 6.07) is 6.92. The minimum absolute atomic E-state index is 0. The molecule has 1 rings (SSSR count). The molecular formula is C17H28ClN3O2S. The predicted molar refractivity (Wildman–Crippen MR) is 104 cm³/mol. The van der Waals surface area contributed by atoms with Crippen molar-refractivity contribution in [3.8, 4) is 0 Å². The number of benzene rings is 1. The molecule has 136 valence electrons. The van der Waals surface area contributed by atoms with Gasteiger partial charge in [-0.2, -0.15) is 11.8 Å². The van der Waals surface area contributed by atoms with Gasteiger partial charge in [0.2, 0.25) is 5.91 Å². The Balaban J connectivity index is 0.00000529. The molecule has 1 aromatic carbocycles. The highest BCUT2D eigenvalue weighted by Crippen LogP contribution is 2.07. The summed E-state index contributed by atoms with van der Waals surface area (Å²) in [5.74, 6) is 0.609. The smallest absolute Gasteiger partial charge is 0.251 e. The van der Waals surface area contributed by atoms with E-state index in [4.69, 9.17) is 5.73 Å². The maximum Gasteiger partial charge on any atom is 0.251 e. The molecule has 24 heavy (non-hydrogen) atoms. The quantitative estimate of drug-likeness (QED) is 0.620. The molecule has 0 aliphatic heterocycles. The topological polar surface area (TPSA) is 84.2 Å². The van der Waals surface area contributed by atoms with Crippen molar-refractivity contribution in [1.82, 2.24) is 10.6 Å². The monoisotopic (exact) mass is 373 g/mol. The normalized spacial score (nSPS) is 12.7. The molecule has 0 radical (unpaired) electrons. The number of carbonyl (C=O) groups is 2. The van der Waals surface area contributed by atoms with E-state index >= 15 is 0 Å². The Morgan fingerprint density at radius 1 is 1.33 bits per heavy atom. The maximum atomic E-state index is 12.1. The van der Waals surface area contributed by atoms with E-state index in [-0.39, 0.29) is 30.3 Å². The van der Waals surface area contributed by atoms with Gasteiger partial charge in [0.05, 0.1) is 6.04 Å². The second kappa shape index (κ2) is 12.2. The van der Waals surface area contributed by atoms with Gasteiger partial charge in [0.15, 0.2) is 0 Å². The van der Waals surface area contributed by atoms with Gasteiger partial charge < -0.3 is 16.4 Å². The lowest BCUT2D eigenvalue weighted by molar-refractivity contribution is -0.122. The molecule has 0 saturated carbocycles. The fourth-order valence-corrected chi connectivity index (χ4v) is 2.42. The molecule has 5 nitrogen and oxygen atoms in total. The van der Waals surface area contributed by atoms with Gasteiger partial charge in [-0.25, -0.2) is 0 Å². The van der Waals surface area contributed by atoms with E-state index in [1.165, 1.54) is 0 Å². The lowest BCUT2D eigenvalue weighted by atomic mass is 10.1. The van der Waals surface area contributed by atoms with Crippen LogP contribution in [0.4, 0.5) is 0 Å². The van der Waals surface area contributed by atoms with E-state index in [1.807, 2.05) is 32.2 Å². The summed E-state index contributed by atoms with van der Waals surface area (Å²) < 4.78 is 0. The Labute approximate surface area is 154 Å². The van der Waals surface area contributed by atoms with Gasteiger partial charge in [0.1, 0.15) is 0 Å². The van der Waals surface area contributed by atoms with Gasteiger partial charge in [-0.05, 0) is 49.5 Å². The van der Waals surface area contributed by atoms with Gasteiger partial charge in [0, 0.05) is 18.2 Å². The van der Waals surface area contributed by atoms with E-state index in [0.717, 1.165) is 17.7 Å². The third-order valence-corrected chi connectivity index (χ3v) is 4.26. The molecule has 0 aliphatic rings. The zero-order valence-electron chi connectivity index (χ0n) is 14.5. The molecule has 1 aromatic rings. The summed E-state index contributed by atoms with van der Waals surface area (Å²) in [6.45, 7) is 4.37. The van der Waals surface area contributed by atoms with Crippen molar-refractivity contribution in [1.29, 1.82) is 0 Å². The number of amides is 2. The van der Waals surface area contributed by atoms with Gasteiger partial charge >= 0.3 is 0 Å². The van der Waals surface area contributed by atoms with Crippen molar-refractivity contribution in [3.05, 3.63) is 35.4 Å². The van der Waals surface area contributed by atoms with Gasteiger partial charge in [0.25, 0.3) is 5.91 Å². The fraction of sp³-hybridized carbons (Fsp3) is 0.529. The summed E-state index contributed by atoms with van der Waals surface area (Å²) >= 11 is 1.67. The van der Waals surface area contributed by atoms with Gasteiger partial charge in [-0.1, -0.05) is 19.1 Å². The van der Waals surface area contributed by atoms with Crippen LogP contribution in [-0.2, 0) is 11.3 Å². The summed E-state index contributed by atoms with van der Waals surface area (Å²) in [6.07, 6.45) is 3.53. The molecular weight excluding hydrogens is 346 g/mol. The Kier molecular flexibility index (Phi) is 11.5. The number of nitrogens with one attached hydrogen (secondary N) is 2. The minimum atomic E-state index is -0.487. The van der Waals surface area contributed by atoms with Crippen molar-refractivity contribution in [3.63, 3.8) is 0 Å². The molecule has 2 atom stereocenters. The largest absolute Gasteiger partial charge is 0.351 e. The number of hydrogen-bond donors (Lipinski definition) is 3. The zero-order chi connectivity index (χ0) is 17.2. The summed E-state index contributed by atoms with van der Waals surface area (Å²) in [5.41, 5.74) is 7.31. The van der Waals surface area contributed by atoms with E-state index in [9.17, 15) is 9.59 Å². The lowest BCUT2D eigenvalue weighted by Crippen LogP contribution is -2.40. The molecule has 7 heteroatoms.